The van der Waals surface area contributed by atoms with Crippen molar-refractivity contribution in [2.24, 2.45) is 5.92 Å². The molecule has 1 aromatic carbocycles. The quantitative estimate of drug-likeness (QED) is 0.601. The number of halogens is 1. The first-order valence-electron chi connectivity index (χ1n) is 10.1. The number of nitrogens with one attached hydrogen (secondary N) is 3. The van der Waals surface area contributed by atoms with Crippen LogP contribution in [0, 0.1) is 5.92 Å². The maximum atomic E-state index is 12.8. The van der Waals surface area contributed by atoms with E-state index in [1.165, 1.54) is 7.11 Å². The predicted octanol–water partition coefficient (Wildman–Crippen LogP) is 4.31. The number of benzene rings is 1. The van der Waals surface area contributed by atoms with Crippen LogP contribution in [0.15, 0.2) is 18.2 Å². The lowest BCUT2D eigenvalue weighted by Crippen LogP contribution is -2.22. The maximum absolute atomic E-state index is 12.8. The minimum atomic E-state index is -0.634. The van der Waals surface area contributed by atoms with E-state index in [4.69, 9.17) is 16.3 Å². The molecule has 0 spiro atoms. The summed E-state index contributed by atoms with van der Waals surface area (Å²) >= 11 is 6.43. The van der Waals surface area contributed by atoms with E-state index < -0.39 is 12.0 Å². The van der Waals surface area contributed by atoms with Gasteiger partial charge in [0.1, 0.15) is 22.6 Å². The van der Waals surface area contributed by atoms with Crippen LogP contribution in [0.2, 0.25) is 5.15 Å². The van der Waals surface area contributed by atoms with Crippen molar-refractivity contribution in [3.63, 3.8) is 0 Å². The zero-order valence-electron chi connectivity index (χ0n) is 17.6. The molecule has 166 valence electrons. The second-order valence-corrected chi connectivity index (χ2v) is 7.67. The molecule has 0 saturated heterocycles. The van der Waals surface area contributed by atoms with Crippen LogP contribution in [0.1, 0.15) is 44.9 Å². The van der Waals surface area contributed by atoms with Crippen molar-refractivity contribution < 1.29 is 23.9 Å². The molecule has 3 rings (SSSR count). The minimum absolute atomic E-state index is 0.184. The summed E-state index contributed by atoms with van der Waals surface area (Å²) in [5.41, 5.74) is 1.80. The van der Waals surface area contributed by atoms with Crippen LogP contribution in [-0.4, -0.2) is 41.7 Å². The summed E-state index contributed by atoms with van der Waals surface area (Å²) in [4.78, 5) is 44.5. The van der Waals surface area contributed by atoms with E-state index in [0.29, 0.717) is 47.7 Å². The van der Waals surface area contributed by atoms with E-state index in [0.717, 1.165) is 0 Å². The average molecular weight is 449 g/mol. The Balaban J connectivity index is 2.09. The Morgan fingerprint density at radius 1 is 1.32 bits per heavy atom. The van der Waals surface area contributed by atoms with Gasteiger partial charge in [-0.25, -0.2) is 9.78 Å². The van der Waals surface area contributed by atoms with Crippen molar-refractivity contribution in [2.75, 3.05) is 24.4 Å². The van der Waals surface area contributed by atoms with Crippen molar-refractivity contribution in [2.45, 2.75) is 39.0 Å². The van der Waals surface area contributed by atoms with Gasteiger partial charge in [0.05, 0.1) is 19.4 Å². The van der Waals surface area contributed by atoms with Crippen molar-refractivity contribution in [1.82, 2.24) is 9.97 Å². The number of esters is 1. The highest BCUT2D eigenvalue weighted by molar-refractivity contribution is 6.32. The van der Waals surface area contributed by atoms with Gasteiger partial charge in [0.15, 0.2) is 0 Å². The molecule has 0 fully saturated rings. The summed E-state index contributed by atoms with van der Waals surface area (Å²) in [6.07, 6.45) is 1.06. The number of fused-ring (bicyclic) bond motifs is 4. The second kappa shape index (κ2) is 9.82. The molecule has 1 unspecified atom stereocenters. The molecule has 2 heterocycles. The Hall–Kier alpha value is -3.07. The Kier molecular flexibility index (Phi) is 7.17. The van der Waals surface area contributed by atoms with E-state index >= 15 is 0 Å². The normalized spacial score (nSPS) is 18.6. The second-order valence-electron chi connectivity index (χ2n) is 7.29. The van der Waals surface area contributed by atoms with Crippen molar-refractivity contribution in [3.05, 3.63) is 29.2 Å². The number of aromatic amines is 1. The molecule has 2 bridgehead atoms. The van der Waals surface area contributed by atoms with Gasteiger partial charge in [0, 0.05) is 17.2 Å². The molecule has 2 aromatic rings. The number of anilines is 2. The molecule has 0 radical (unpaired) electrons. The first-order valence-corrected chi connectivity index (χ1v) is 10.4. The van der Waals surface area contributed by atoms with Gasteiger partial charge in [-0.1, -0.05) is 24.9 Å². The van der Waals surface area contributed by atoms with E-state index in [-0.39, 0.29) is 29.6 Å². The minimum Gasteiger partial charge on any atom is -0.465 e. The maximum Gasteiger partial charge on any atom is 0.411 e. The number of hydrogen-bond acceptors (Lipinski definition) is 6. The SMILES string of the molecule is CCOC(=O)C1CCC[C@@H](C)C(=O)Nc2cc(NC(=O)OC)ccc2-c2nc1[nH]c2Cl. The van der Waals surface area contributed by atoms with Gasteiger partial charge in [0.2, 0.25) is 5.91 Å². The molecule has 1 aliphatic rings. The highest BCUT2D eigenvalue weighted by Gasteiger charge is 2.29. The first kappa shape index (κ1) is 22.6. The molecule has 1 aromatic heterocycles. The highest BCUT2D eigenvalue weighted by Crippen LogP contribution is 2.37. The monoisotopic (exact) mass is 448 g/mol. The van der Waals surface area contributed by atoms with Gasteiger partial charge in [-0.2, -0.15) is 0 Å². The molecule has 10 heteroatoms. The van der Waals surface area contributed by atoms with Gasteiger partial charge in [-0.05, 0) is 38.0 Å². The van der Waals surface area contributed by atoms with Crippen LogP contribution in [-0.2, 0) is 19.1 Å². The van der Waals surface area contributed by atoms with Crippen molar-refractivity contribution in [1.29, 1.82) is 0 Å². The predicted molar refractivity (Wildman–Crippen MR) is 116 cm³/mol. The zero-order chi connectivity index (χ0) is 22.5. The fourth-order valence-corrected chi connectivity index (χ4v) is 3.68. The van der Waals surface area contributed by atoms with Gasteiger partial charge < -0.3 is 19.8 Å². The van der Waals surface area contributed by atoms with Crippen LogP contribution in [0.5, 0.6) is 0 Å². The van der Waals surface area contributed by atoms with Crippen LogP contribution in [0.4, 0.5) is 16.2 Å². The lowest BCUT2D eigenvalue weighted by Gasteiger charge is -2.18. The number of carbonyl (C=O) groups excluding carboxylic acids is 3. The van der Waals surface area contributed by atoms with Crippen molar-refractivity contribution >= 4 is 40.9 Å². The van der Waals surface area contributed by atoms with E-state index in [2.05, 4.69) is 25.3 Å². The molecule has 3 N–H and O–H groups in total. The number of carbonyl (C=O) groups is 3. The summed E-state index contributed by atoms with van der Waals surface area (Å²) < 4.78 is 9.84. The number of methoxy groups -OCH3 is 1. The fraction of sp³-hybridized carbons (Fsp3) is 0.429. The van der Waals surface area contributed by atoms with E-state index in [1.54, 1.807) is 25.1 Å². The Morgan fingerprint density at radius 3 is 2.81 bits per heavy atom. The number of hydrogen-bond donors (Lipinski definition) is 3. The number of nitrogens with zero attached hydrogens (tertiary/aromatic N) is 1. The van der Waals surface area contributed by atoms with Gasteiger partial charge in [-0.15, -0.1) is 0 Å². The number of amides is 2. The van der Waals surface area contributed by atoms with E-state index in [1.807, 2.05) is 6.92 Å². The van der Waals surface area contributed by atoms with Crippen LogP contribution < -0.4 is 10.6 Å². The lowest BCUT2D eigenvalue weighted by molar-refractivity contribution is -0.145. The Morgan fingerprint density at radius 2 is 2.10 bits per heavy atom. The largest absolute Gasteiger partial charge is 0.465 e. The lowest BCUT2D eigenvalue weighted by atomic mass is 9.96. The molecule has 0 saturated carbocycles. The smallest absolute Gasteiger partial charge is 0.411 e. The third-order valence-electron chi connectivity index (χ3n) is 5.12. The number of imidazole rings is 1. The summed E-state index contributed by atoms with van der Waals surface area (Å²) in [7, 11) is 1.26. The Labute approximate surface area is 184 Å². The van der Waals surface area contributed by atoms with E-state index in [9.17, 15) is 14.4 Å². The van der Waals surface area contributed by atoms with Gasteiger partial charge in [0.25, 0.3) is 0 Å². The number of ether oxygens (including phenoxy) is 2. The zero-order valence-corrected chi connectivity index (χ0v) is 18.3. The van der Waals surface area contributed by atoms with Crippen molar-refractivity contribution in [3.8, 4) is 11.3 Å². The number of aromatic nitrogens is 2. The highest BCUT2D eigenvalue weighted by atomic mass is 35.5. The standard InChI is InChI=1S/C21H25ClN4O5/c1-4-31-20(28)14-7-5-6-11(2)19(27)24-15-10-12(23-21(29)30-3)8-9-13(15)16-17(22)26-18(14)25-16/h8-11,14H,4-7H2,1-3H3,(H,23,29)(H,24,27)(H,25,26)/t11-,14?/m1/s1. The fourth-order valence-electron chi connectivity index (χ4n) is 3.44. The Bertz CT molecular complexity index is 990. The average Bonchev–Trinajstić information content (AvgIpc) is 3.11. The summed E-state index contributed by atoms with van der Waals surface area (Å²) in [5, 5.41) is 5.71. The summed E-state index contributed by atoms with van der Waals surface area (Å²) in [6, 6.07) is 4.93. The first-order chi connectivity index (χ1) is 14.8. The number of H-pyrrole nitrogens is 1. The molecule has 1 aliphatic heterocycles. The molecule has 2 amide bonds. The topological polar surface area (TPSA) is 122 Å². The van der Waals surface area contributed by atoms with Gasteiger partial charge in [-0.3, -0.25) is 14.9 Å². The van der Waals surface area contributed by atoms with Gasteiger partial charge >= 0.3 is 12.1 Å². The molecule has 31 heavy (non-hydrogen) atoms. The summed E-state index contributed by atoms with van der Waals surface area (Å²) in [5.74, 6) is -1.04. The van der Waals surface area contributed by atoms with Crippen LogP contribution in [0.25, 0.3) is 11.3 Å². The molecular formula is C21H25ClN4O5. The molecule has 9 nitrogen and oxygen atoms in total. The summed E-state index contributed by atoms with van der Waals surface area (Å²) in [6.45, 7) is 3.83. The molecular weight excluding hydrogens is 424 g/mol. The van der Waals surface area contributed by atoms with Crippen LogP contribution >= 0.6 is 11.6 Å². The number of rotatable bonds is 3. The third kappa shape index (κ3) is 5.16. The van der Waals surface area contributed by atoms with Crippen LogP contribution in [0.3, 0.4) is 0 Å². The molecule has 2 atom stereocenters. The molecule has 0 aliphatic carbocycles. The third-order valence-corrected chi connectivity index (χ3v) is 5.39.